The standard InChI is InChI=1S/C13H23N3/c1-15-8-4-5-12-11-16(9-3-2-7-14)10-6-13(12)15/h12-13H,2-6,8-11H2,1H3. The first-order valence-electron chi connectivity index (χ1n) is 6.61. The monoisotopic (exact) mass is 221 g/mol. The van der Waals surface area contributed by atoms with Gasteiger partial charge >= 0.3 is 0 Å². The average molecular weight is 221 g/mol. The van der Waals surface area contributed by atoms with E-state index in [4.69, 9.17) is 5.26 Å². The fraction of sp³-hybridized carbons (Fsp3) is 0.923. The van der Waals surface area contributed by atoms with Gasteiger partial charge in [0.05, 0.1) is 6.07 Å². The van der Waals surface area contributed by atoms with E-state index in [0.717, 1.165) is 24.9 Å². The average Bonchev–Trinajstić information content (AvgIpc) is 2.30. The van der Waals surface area contributed by atoms with Gasteiger partial charge in [0.2, 0.25) is 0 Å². The molecule has 0 aromatic rings. The van der Waals surface area contributed by atoms with Crippen LogP contribution in [0, 0.1) is 17.2 Å². The molecule has 2 aliphatic heterocycles. The number of hydrogen-bond donors (Lipinski definition) is 0. The maximum absolute atomic E-state index is 8.54. The summed E-state index contributed by atoms with van der Waals surface area (Å²) in [7, 11) is 2.28. The Balaban J connectivity index is 1.79. The molecule has 0 radical (unpaired) electrons. The van der Waals surface area contributed by atoms with Crippen molar-refractivity contribution in [3.05, 3.63) is 0 Å². The summed E-state index contributed by atoms with van der Waals surface area (Å²) < 4.78 is 0. The summed E-state index contributed by atoms with van der Waals surface area (Å²) in [6, 6.07) is 3.07. The molecule has 0 bridgehead atoms. The largest absolute Gasteiger partial charge is 0.303 e. The third-order valence-corrected chi connectivity index (χ3v) is 4.19. The maximum Gasteiger partial charge on any atom is 0.0622 e. The molecule has 0 aromatic carbocycles. The first-order valence-corrected chi connectivity index (χ1v) is 6.61. The molecule has 16 heavy (non-hydrogen) atoms. The van der Waals surface area contributed by atoms with Crippen molar-refractivity contribution in [2.24, 2.45) is 5.92 Å². The van der Waals surface area contributed by atoms with Crippen LogP contribution < -0.4 is 0 Å². The topological polar surface area (TPSA) is 30.3 Å². The molecule has 0 aromatic heterocycles. The number of hydrogen-bond acceptors (Lipinski definition) is 3. The van der Waals surface area contributed by atoms with Crippen LogP contribution in [0.1, 0.15) is 32.1 Å². The minimum atomic E-state index is 0.713. The zero-order valence-electron chi connectivity index (χ0n) is 10.4. The first-order chi connectivity index (χ1) is 7.81. The van der Waals surface area contributed by atoms with Gasteiger partial charge in [-0.15, -0.1) is 0 Å². The van der Waals surface area contributed by atoms with Crippen molar-refractivity contribution in [3.8, 4) is 6.07 Å². The predicted octanol–water partition coefficient (Wildman–Crippen LogP) is 1.71. The molecule has 2 atom stereocenters. The quantitative estimate of drug-likeness (QED) is 0.680. The van der Waals surface area contributed by atoms with Crippen molar-refractivity contribution in [1.29, 1.82) is 5.26 Å². The molecule has 2 unspecified atom stereocenters. The molecule has 3 heteroatoms. The SMILES string of the molecule is CN1CCCC2CN(CCCC#N)CCC21. The Kier molecular flexibility index (Phi) is 4.20. The van der Waals surface area contributed by atoms with Gasteiger partial charge in [0, 0.05) is 19.0 Å². The lowest BCUT2D eigenvalue weighted by Gasteiger charge is -2.46. The van der Waals surface area contributed by atoms with E-state index in [1.54, 1.807) is 0 Å². The Bertz CT molecular complexity index is 258. The molecule has 0 spiro atoms. The summed E-state index contributed by atoms with van der Waals surface area (Å²) in [5, 5.41) is 8.54. The molecule has 0 saturated carbocycles. The minimum Gasteiger partial charge on any atom is -0.303 e. The van der Waals surface area contributed by atoms with Gasteiger partial charge in [-0.25, -0.2) is 0 Å². The van der Waals surface area contributed by atoms with Gasteiger partial charge in [-0.1, -0.05) is 0 Å². The van der Waals surface area contributed by atoms with Crippen LogP contribution in [0.5, 0.6) is 0 Å². The van der Waals surface area contributed by atoms with Crippen LogP contribution >= 0.6 is 0 Å². The fourth-order valence-corrected chi connectivity index (χ4v) is 3.31. The Hall–Kier alpha value is -0.590. The van der Waals surface area contributed by atoms with Crippen LogP contribution in [0.4, 0.5) is 0 Å². The Morgan fingerprint density at radius 1 is 1.31 bits per heavy atom. The molecule has 0 N–H and O–H groups in total. The fourth-order valence-electron chi connectivity index (χ4n) is 3.31. The molecule has 2 heterocycles. The normalized spacial score (nSPS) is 32.0. The third kappa shape index (κ3) is 2.75. The van der Waals surface area contributed by atoms with Crippen LogP contribution in [-0.2, 0) is 0 Å². The van der Waals surface area contributed by atoms with E-state index in [-0.39, 0.29) is 0 Å². The summed E-state index contributed by atoms with van der Waals surface area (Å²) in [6.07, 6.45) is 5.86. The second-order valence-electron chi connectivity index (χ2n) is 5.30. The van der Waals surface area contributed by atoms with E-state index in [9.17, 15) is 0 Å². The Morgan fingerprint density at radius 3 is 3.00 bits per heavy atom. The predicted molar refractivity (Wildman–Crippen MR) is 65.0 cm³/mol. The molecule has 90 valence electrons. The number of rotatable bonds is 3. The summed E-state index contributed by atoms with van der Waals surface area (Å²) in [6.45, 7) is 4.91. The number of piperidine rings is 2. The van der Waals surface area contributed by atoms with Crippen LogP contribution in [-0.4, -0.2) is 49.1 Å². The lowest BCUT2D eigenvalue weighted by Crippen LogP contribution is -2.52. The van der Waals surface area contributed by atoms with Crippen LogP contribution in [0.3, 0.4) is 0 Å². The number of fused-ring (bicyclic) bond motifs is 1. The summed E-state index contributed by atoms with van der Waals surface area (Å²) in [4.78, 5) is 5.12. The highest BCUT2D eigenvalue weighted by molar-refractivity contribution is 4.89. The second-order valence-corrected chi connectivity index (χ2v) is 5.30. The lowest BCUT2D eigenvalue weighted by molar-refractivity contribution is 0.0384. The second kappa shape index (κ2) is 5.65. The molecule has 2 fully saturated rings. The molecule has 2 rings (SSSR count). The van der Waals surface area contributed by atoms with Crippen molar-refractivity contribution in [2.75, 3.05) is 33.2 Å². The van der Waals surface area contributed by atoms with Crippen molar-refractivity contribution >= 4 is 0 Å². The molecular formula is C13H23N3. The third-order valence-electron chi connectivity index (χ3n) is 4.19. The van der Waals surface area contributed by atoms with Gasteiger partial charge in [0.1, 0.15) is 0 Å². The van der Waals surface area contributed by atoms with Gasteiger partial charge in [0.25, 0.3) is 0 Å². The van der Waals surface area contributed by atoms with Crippen molar-refractivity contribution in [1.82, 2.24) is 9.80 Å². The smallest absolute Gasteiger partial charge is 0.0622 e. The van der Waals surface area contributed by atoms with Crippen molar-refractivity contribution in [3.63, 3.8) is 0 Å². The molecule has 0 aliphatic carbocycles. The summed E-state index contributed by atoms with van der Waals surface area (Å²) >= 11 is 0. The number of nitriles is 1. The van der Waals surface area contributed by atoms with Gasteiger partial charge < -0.3 is 9.80 Å². The van der Waals surface area contributed by atoms with Gasteiger partial charge in [-0.2, -0.15) is 5.26 Å². The highest BCUT2D eigenvalue weighted by Crippen LogP contribution is 2.29. The number of nitrogens with zero attached hydrogens (tertiary/aromatic N) is 3. The Labute approximate surface area is 99.0 Å². The zero-order valence-corrected chi connectivity index (χ0v) is 10.4. The van der Waals surface area contributed by atoms with Gasteiger partial charge in [-0.3, -0.25) is 0 Å². The molecule has 2 saturated heterocycles. The molecular weight excluding hydrogens is 198 g/mol. The highest BCUT2D eigenvalue weighted by Gasteiger charge is 2.33. The molecule has 2 aliphatic rings. The van der Waals surface area contributed by atoms with E-state index in [0.29, 0.717) is 6.42 Å². The lowest BCUT2D eigenvalue weighted by atomic mass is 9.84. The van der Waals surface area contributed by atoms with Crippen molar-refractivity contribution < 1.29 is 0 Å². The number of unbranched alkanes of at least 4 members (excludes halogenated alkanes) is 1. The van der Waals surface area contributed by atoms with Gasteiger partial charge in [0.15, 0.2) is 0 Å². The molecule has 3 nitrogen and oxygen atoms in total. The van der Waals surface area contributed by atoms with Crippen LogP contribution in [0.15, 0.2) is 0 Å². The van der Waals surface area contributed by atoms with Crippen molar-refractivity contribution in [2.45, 2.75) is 38.1 Å². The summed E-state index contributed by atoms with van der Waals surface area (Å²) in [5.41, 5.74) is 0. The maximum atomic E-state index is 8.54. The highest BCUT2D eigenvalue weighted by atomic mass is 15.2. The van der Waals surface area contributed by atoms with E-state index >= 15 is 0 Å². The first kappa shape index (κ1) is 11.9. The van der Waals surface area contributed by atoms with Gasteiger partial charge in [-0.05, 0) is 58.3 Å². The van der Waals surface area contributed by atoms with Crippen LogP contribution in [0.25, 0.3) is 0 Å². The molecule has 0 amide bonds. The van der Waals surface area contributed by atoms with E-state index in [1.807, 2.05) is 0 Å². The zero-order chi connectivity index (χ0) is 11.4. The van der Waals surface area contributed by atoms with E-state index in [1.165, 1.54) is 38.9 Å². The van der Waals surface area contributed by atoms with Crippen LogP contribution in [0.2, 0.25) is 0 Å². The Morgan fingerprint density at radius 2 is 2.19 bits per heavy atom. The minimum absolute atomic E-state index is 0.713. The summed E-state index contributed by atoms with van der Waals surface area (Å²) in [5.74, 6) is 0.884. The van der Waals surface area contributed by atoms with E-state index < -0.39 is 0 Å². The number of likely N-dealkylation sites (tertiary alicyclic amines) is 2. The van der Waals surface area contributed by atoms with E-state index in [2.05, 4.69) is 22.9 Å².